The summed E-state index contributed by atoms with van der Waals surface area (Å²) in [4.78, 5) is 29.5. The predicted molar refractivity (Wildman–Crippen MR) is 117 cm³/mol. The van der Waals surface area contributed by atoms with Crippen molar-refractivity contribution in [2.75, 3.05) is 38.1 Å². The number of rotatable bonds is 5. The normalized spacial score (nSPS) is 20.7. The van der Waals surface area contributed by atoms with E-state index in [0.717, 1.165) is 29.7 Å². The maximum atomic E-state index is 13.0. The number of ether oxygens (including phenoxy) is 1. The number of benzene rings is 2. The lowest BCUT2D eigenvalue weighted by Crippen LogP contribution is -2.55. The highest BCUT2D eigenvalue weighted by Gasteiger charge is 2.32. The quantitative estimate of drug-likeness (QED) is 0.828. The van der Waals surface area contributed by atoms with E-state index in [-0.39, 0.29) is 24.0 Å². The van der Waals surface area contributed by atoms with E-state index in [1.807, 2.05) is 66.4 Å². The molecule has 0 radical (unpaired) electrons. The summed E-state index contributed by atoms with van der Waals surface area (Å²) in [6.07, 6.45) is 1.50. The first-order valence-electron chi connectivity index (χ1n) is 10.7. The average Bonchev–Trinajstić information content (AvgIpc) is 3.34. The van der Waals surface area contributed by atoms with E-state index in [9.17, 15) is 9.59 Å². The number of para-hydroxylation sites is 1. The summed E-state index contributed by atoms with van der Waals surface area (Å²) >= 11 is 0. The number of piperazine rings is 1. The fraction of sp³-hybridized carbons (Fsp3) is 0.417. The van der Waals surface area contributed by atoms with Crippen molar-refractivity contribution in [3.63, 3.8) is 0 Å². The molecular weight excluding hydrogens is 378 g/mol. The zero-order chi connectivity index (χ0) is 20.9. The molecule has 1 N–H and O–H groups in total. The van der Waals surface area contributed by atoms with Crippen molar-refractivity contribution >= 4 is 17.5 Å². The van der Waals surface area contributed by atoms with Gasteiger partial charge in [-0.25, -0.2) is 0 Å². The van der Waals surface area contributed by atoms with Crippen LogP contribution in [0.25, 0.3) is 11.1 Å². The fourth-order valence-electron chi connectivity index (χ4n) is 4.17. The van der Waals surface area contributed by atoms with Gasteiger partial charge in [0.25, 0.3) is 5.91 Å². The highest BCUT2D eigenvalue weighted by Crippen LogP contribution is 2.28. The monoisotopic (exact) mass is 407 g/mol. The van der Waals surface area contributed by atoms with Crippen molar-refractivity contribution in [3.8, 4) is 11.1 Å². The molecule has 4 rings (SSSR count). The molecule has 6 nitrogen and oxygen atoms in total. The van der Waals surface area contributed by atoms with Gasteiger partial charge in [-0.1, -0.05) is 48.5 Å². The van der Waals surface area contributed by atoms with E-state index in [0.29, 0.717) is 32.8 Å². The highest BCUT2D eigenvalue weighted by atomic mass is 16.5. The number of nitrogens with one attached hydrogen (secondary N) is 1. The van der Waals surface area contributed by atoms with Gasteiger partial charge in [0, 0.05) is 44.0 Å². The fourth-order valence-corrected chi connectivity index (χ4v) is 4.17. The summed E-state index contributed by atoms with van der Waals surface area (Å²) in [5, 5.41) is 3.10. The summed E-state index contributed by atoms with van der Waals surface area (Å²) in [5.74, 6) is 0.0679. The smallest absolute Gasteiger partial charge is 0.251 e. The zero-order valence-corrected chi connectivity index (χ0v) is 17.4. The van der Waals surface area contributed by atoms with Crippen LogP contribution in [0.2, 0.25) is 0 Å². The SMILES string of the molecule is C[C@H](C(=O)Nc1ccccc1-c1ccccc1)N1CCN(C(=O)[C@H]2CCCO2)CC1. The minimum Gasteiger partial charge on any atom is -0.368 e. The number of amides is 2. The summed E-state index contributed by atoms with van der Waals surface area (Å²) in [7, 11) is 0. The molecule has 2 aromatic rings. The Morgan fingerprint density at radius 1 is 1.00 bits per heavy atom. The maximum absolute atomic E-state index is 13.0. The molecule has 2 fully saturated rings. The van der Waals surface area contributed by atoms with E-state index in [1.54, 1.807) is 0 Å². The standard InChI is InChI=1S/C24H29N3O3/c1-18(26-13-15-27(16-14-26)24(29)22-12-7-17-30-22)23(28)25-21-11-6-5-10-20(21)19-8-3-2-4-9-19/h2-6,8-11,18,22H,7,12-17H2,1H3,(H,25,28)/t18-,22-/m1/s1. The lowest BCUT2D eigenvalue weighted by molar-refractivity contribution is -0.143. The molecule has 2 aliphatic heterocycles. The van der Waals surface area contributed by atoms with E-state index in [2.05, 4.69) is 10.2 Å². The first-order chi connectivity index (χ1) is 14.6. The van der Waals surface area contributed by atoms with Gasteiger partial charge in [0.15, 0.2) is 0 Å². The minimum absolute atomic E-state index is 0.0303. The maximum Gasteiger partial charge on any atom is 0.251 e. The lowest BCUT2D eigenvalue weighted by Gasteiger charge is -2.38. The van der Waals surface area contributed by atoms with E-state index in [1.165, 1.54) is 0 Å². The highest BCUT2D eigenvalue weighted by molar-refractivity contribution is 5.98. The van der Waals surface area contributed by atoms with Gasteiger partial charge in [0.05, 0.1) is 6.04 Å². The summed E-state index contributed by atoms with van der Waals surface area (Å²) < 4.78 is 5.53. The van der Waals surface area contributed by atoms with E-state index >= 15 is 0 Å². The number of carbonyl (C=O) groups is 2. The van der Waals surface area contributed by atoms with Crippen LogP contribution in [-0.2, 0) is 14.3 Å². The molecule has 0 spiro atoms. The lowest BCUT2D eigenvalue weighted by atomic mass is 10.0. The van der Waals surface area contributed by atoms with Gasteiger partial charge >= 0.3 is 0 Å². The summed E-state index contributed by atoms with van der Waals surface area (Å²) in [5.41, 5.74) is 2.89. The average molecular weight is 408 g/mol. The molecule has 2 aliphatic rings. The topological polar surface area (TPSA) is 61.9 Å². The second-order valence-electron chi connectivity index (χ2n) is 7.94. The molecule has 0 unspecified atom stereocenters. The van der Waals surface area contributed by atoms with Gasteiger partial charge in [-0.05, 0) is 31.4 Å². The Morgan fingerprint density at radius 2 is 1.70 bits per heavy atom. The molecular formula is C24H29N3O3. The third kappa shape index (κ3) is 4.55. The number of carbonyl (C=O) groups excluding carboxylic acids is 2. The summed E-state index contributed by atoms with van der Waals surface area (Å²) in [6, 6.07) is 17.6. The molecule has 2 amide bonds. The molecule has 0 aromatic heterocycles. The Labute approximate surface area is 177 Å². The largest absolute Gasteiger partial charge is 0.368 e. The Balaban J connectivity index is 1.36. The van der Waals surface area contributed by atoms with Crippen LogP contribution in [0, 0.1) is 0 Å². The van der Waals surface area contributed by atoms with E-state index < -0.39 is 0 Å². The van der Waals surface area contributed by atoms with Crippen LogP contribution >= 0.6 is 0 Å². The van der Waals surface area contributed by atoms with Gasteiger partial charge in [-0.3, -0.25) is 14.5 Å². The van der Waals surface area contributed by atoms with Crippen molar-refractivity contribution in [2.45, 2.75) is 31.9 Å². The van der Waals surface area contributed by atoms with Gasteiger partial charge in [-0.2, -0.15) is 0 Å². The predicted octanol–water partition coefficient (Wildman–Crippen LogP) is 3.00. The second kappa shape index (κ2) is 9.41. The first kappa shape index (κ1) is 20.6. The van der Waals surface area contributed by atoms with Gasteiger partial charge in [0.1, 0.15) is 6.10 Å². The van der Waals surface area contributed by atoms with Crippen molar-refractivity contribution in [3.05, 3.63) is 54.6 Å². The molecule has 2 atom stereocenters. The van der Waals surface area contributed by atoms with Gasteiger partial charge < -0.3 is 15.0 Å². The summed E-state index contributed by atoms with van der Waals surface area (Å²) in [6.45, 7) is 5.25. The molecule has 158 valence electrons. The molecule has 30 heavy (non-hydrogen) atoms. The van der Waals surface area contributed by atoms with Crippen LogP contribution in [0.1, 0.15) is 19.8 Å². The molecule has 2 saturated heterocycles. The molecule has 2 heterocycles. The molecule has 0 aliphatic carbocycles. The zero-order valence-electron chi connectivity index (χ0n) is 17.4. The number of anilines is 1. The van der Waals surface area contributed by atoms with Crippen LogP contribution in [0.4, 0.5) is 5.69 Å². The Hall–Kier alpha value is -2.70. The Kier molecular flexibility index (Phi) is 6.45. The van der Waals surface area contributed by atoms with Crippen molar-refractivity contribution < 1.29 is 14.3 Å². The van der Waals surface area contributed by atoms with Crippen molar-refractivity contribution in [1.82, 2.24) is 9.80 Å². The number of hydrogen-bond acceptors (Lipinski definition) is 4. The third-order valence-electron chi connectivity index (χ3n) is 6.03. The number of hydrogen-bond donors (Lipinski definition) is 1. The van der Waals surface area contributed by atoms with Crippen LogP contribution in [0.15, 0.2) is 54.6 Å². The van der Waals surface area contributed by atoms with Gasteiger partial charge in [0.2, 0.25) is 5.91 Å². The molecule has 0 bridgehead atoms. The Morgan fingerprint density at radius 3 is 2.40 bits per heavy atom. The first-order valence-corrected chi connectivity index (χ1v) is 10.7. The molecule has 6 heteroatoms. The van der Waals surface area contributed by atoms with Crippen LogP contribution in [-0.4, -0.2) is 66.5 Å². The Bertz CT molecular complexity index is 872. The third-order valence-corrected chi connectivity index (χ3v) is 6.03. The van der Waals surface area contributed by atoms with Crippen LogP contribution < -0.4 is 5.32 Å². The van der Waals surface area contributed by atoms with Gasteiger partial charge in [-0.15, -0.1) is 0 Å². The second-order valence-corrected chi connectivity index (χ2v) is 7.94. The molecule has 2 aromatic carbocycles. The van der Waals surface area contributed by atoms with Crippen molar-refractivity contribution in [2.24, 2.45) is 0 Å². The number of nitrogens with zero attached hydrogens (tertiary/aromatic N) is 2. The van der Waals surface area contributed by atoms with Crippen molar-refractivity contribution in [1.29, 1.82) is 0 Å². The van der Waals surface area contributed by atoms with E-state index in [4.69, 9.17) is 4.74 Å². The molecule has 0 saturated carbocycles. The van der Waals surface area contributed by atoms with Crippen LogP contribution in [0.3, 0.4) is 0 Å². The minimum atomic E-state index is -0.272. The van der Waals surface area contributed by atoms with Crippen LogP contribution in [0.5, 0.6) is 0 Å².